The van der Waals surface area contributed by atoms with Crippen molar-refractivity contribution in [3.63, 3.8) is 0 Å². The molecular weight excluding hydrogens is 310 g/mol. The van der Waals surface area contributed by atoms with E-state index in [9.17, 15) is 9.59 Å². The molecule has 5 heteroatoms. The highest BCUT2D eigenvalue weighted by molar-refractivity contribution is 7.13. The van der Waals surface area contributed by atoms with E-state index < -0.39 is 5.97 Å². The Hall–Kier alpha value is -2.14. The van der Waals surface area contributed by atoms with E-state index in [0.717, 1.165) is 24.1 Å². The van der Waals surface area contributed by atoms with Crippen molar-refractivity contribution in [2.24, 2.45) is 0 Å². The Labute approximate surface area is 139 Å². The predicted octanol–water partition coefficient (Wildman–Crippen LogP) is 3.57. The van der Waals surface area contributed by atoms with Gasteiger partial charge in [-0.05, 0) is 48.4 Å². The average Bonchev–Trinajstić information content (AvgIpc) is 3.03. The molecule has 0 saturated heterocycles. The summed E-state index contributed by atoms with van der Waals surface area (Å²) >= 11 is 1.20. The molecule has 1 heterocycles. The summed E-state index contributed by atoms with van der Waals surface area (Å²) in [7, 11) is 0. The maximum absolute atomic E-state index is 12.2. The summed E-state index contributed by atoms with van der Waals surface area (Å²) in [5.41, 5.74) is 2.67. The molecule has 2 aromatic rings. The molecule has 0 spiro atoms. The number of fused-ring (bicyclic) bond motifs is 1. The van der Waals surface area contributed by atoms with Gasteiger partial charge in [-0.15, -0.1) is 11.3 Å². The molecule has 1 atom stereocenters. The SMILES string of the molecule is O=C(CC1CCCc2ccccc21)NCc1ccc(C(=O)O)s1. The third kappa shape index (κ3) is 3.79. The number of carbonyl (C=O) groups excluding carboxylic acids is 1. The largest absolute Gasteiger partial charge is 0.477 e. The minimum atomic E-state index is -0.925. The Morgan fingerprint density at radius 1 is 1.22 bits per heavy atom. The lowest BCUT2D eigenvalue weighted by atomic mass is 9.81. The quantitative estimate of drug-likeness (QED) is 0.881. The van der Waals surface area contributed by atoms with Gasteiger partial charge in [0.25, 0.3) is 0 Å². The molecule has 1 aromatic heterocycles. The van der Waals surface area contributed by atoms with Crippen molar-refractivity contribution in [2.75, 3.05) is 0 Å². The number of rotatable bonds is 5. The number of nitrogens with one attached hydrogen (secondary N) is 1. The fourth-order valence-corrected chi connectivity index (χ4v) is 3.92. The highest BCUT2D eigenvalue weighted by Gasteiger charge is 2.22. The maximum Gasteiger partial charge on any atom is 0.345 e. The topological polar surface area (TPSA) is 66.4 Å². The Morgan fingerprint density at radius 3 is 2.83 bits per heavy atom. The van der Waals surface area contributed by atoms with Gasteiger partial charge in [-0.1, -0.05) is 24.3 Å². The van der Waals surface area contributed by atoms with Crippen molar-refractivity contribution in [2.45, 2.75) is 38.1 Å². The Morgan fingerprint density at radius 2 is 2.04 bits per heavy atom. The first kappa shape index (κ1) is 15.7. The minimum Gasteiger partial charge on any atom is -0.477 e. The van der Waals surface area contributed by atoms with Gasteiger partial charge in [0.2, 0.25) is 5.91 Å². The standard InChI is InChI=1S/C18H19NO3S/c20-17(19-11-14-8-9-16(23-14)18(21)22)10-13-6-3-5-12-4-1-2-7-15(12)13/h1-2,4,7-9,13H,3,5-6,10-11H2,(H,19,20)(H,21,22). The van der Waals surface area contributed by atoms with Crippen LogP contribution in [0.5, 0.6) is 0 Å². The van der Waals surface area contributed by atoms with Crippen LogP contribution in [-0.2, 0) is 17.8 Å². The first-order valence-corrected chi connectivity index (χ1v) is 8.61. The molecule has 3 rings (SSSR count). The zero-order valence-corrected chi connectivity index (χ0v) is 13.6. The Bertz CT molecular complexity index is 723. The van der Waals surface area contributed by atoms with Crippen molar-refractivity contribution < 1.29 is 14.7 Å². The normalized spacial score (nSPS) is 16.6. The Balaban J connectivity index is 1.56. The number of hydrogen-bond acceptors (Lipinski definition) is 3. The smallest absolute Gasteiger partial charge is 0.345 e. The molecule has 1 aromatic carbocycles. The highest BCUT2D eigenvalue weighted by Crippen LogP contribution is 2.33. The van der Waals surface area contributed by atoms with Gasteiger partial charge in [0.15, 0.2) is 0 Å². The van der Waals surface area contributed by atoms with Crippen LogP contribution in [0.1, 0.15) is 50.9 Å². The first-order chi connectivity index (χ1) is 11.1. The third-order valence-corrected chi connectivity index (χ3v) is 5.33. The summed E-state index contributed by atoms with van der Waals surface area (Å²) in [5, 5.41) is 11.8. The fourth-order valence-electron chi connectivity index (χ4n) is 3.14. The molecule has 4 nitrogen and oxygen atoms in total. The van der Waals surface area contributed by atoms with Gasteiger partial charge in [0.1, 0.15) is 4.88 Å². The van der Waals surface area contributed by atoms with Crippen LogP contribution in [0.3, 0.4) is 0 Å². The second kappa shape index (κ2) is 6.96. The second-order valence-corrected chi connectivity index (χ2v) is 7.01. The molecule has 1 unspecified atom stereocenters. The maximum atomic E-state index is 12.2. The lowest BCUT2D eigenvalue weighted by Crippen LogP contribution is -2.25. The number of amides is 1. The molecule has 1 aliphatic rings. The lowest BCUT2D eigenvalue weighted by molar-refractivity contribution is -0.121. The molecule has 23 heavy (non-hydrogen) atoms. The number of aromatic carboxylic acids is 1. The van der Waals surface area contributed by atoms with Gasteiger partial charge >= 0.3 is 5.97 Å². The van der Waals surface area contributed by atoms with Gasteiger partial charge in [-0.3, -0.25) is 4.79 Å². The van der Waals surface area contributed by atoms with Gasteiger partial charge in [0, 0.05) is 11.3 Å². The molecule has 0 bridgehead atoms. The summed E-state index contributed by atoms with van der Waals surface area (Å²) in [6.07, 6.45) is 3.77. The van der Waals surface area contributed by atoms with Gasteiger partial charge in [-0.2, -0.15) is 0 Å². The number of hydrogen-bond donors (Lipinski definition) is 2. The van der Waals surface area contributed by atoms with Crippen LogP contribution in [0.15, 0.2) is 36.4 Å². The van der Waals surface area contributed by atoms with Crippen LogP contribution in [0.4, 0.5) is 0 Å². The molecule has 0 radical (unpaired) electrons. The zero-order chi connectivity index (χ0) is 16.2. The van der Waals surface area contributed by atoms with Crippen LogP contribution in [-0.4, -0.2) is 17.0 Å². The van der Waals surface area contributed by atoms with E-state index in [-0.39, 0.29) is 11.8 Å². The van der Waals surface area contributed by atoms with Crippen LogP contribution < -0.4 is 5.32 Å². The monoisotopic (exact) mass is 329 g/mol. The van der Waals surface area contributed by atoms with E-state index >= 15 is 0 Å². The summed E-state index contributed by atoms with van der Waals surface area (Å²) < 4.78 is 0. The van der Waals surface area contributed by atoms with E-state index in [0.29, 0.717) is 17.8 Å². The molecule has 120 valence electrons. The molecule has 0 aliphatic heterocycles. The number of carboxylic acids is 1. The second-order valence-electron chi connectivity index (χ2n) is 5.84. The zero-order valence-electron chi connectivity index (χ0n) is 12.7. The minimum absolute atomic E-state index is 0.0250. The number of carbonyl (C=O) groups is 2. The van der Waals surface area contributed by atoms with E-state index in [2.05, 4.69) is 23.5 Å². The predicted molar refractivity (Wildman–Crippen MR) is 89.9 cm³/mol. The van der Waals surface area contributed by atoms with E-state index in [1.54, 1.807) is 12.1 Å². The van der Waals surface area contributed by atoms with Crippen molar-refractivity contribution in [3.05, 3.63) is 57.3 Å². The van der Waals surface area contributed by atoms with Gasteiger partial charge in [0.05, 0.1) is 6.54 Å². The number of carboxylic acid groups (broad SMARTS) is 1. The molecule has 2 N–H and O–H groups in total. The van der Waals surface area contributed by atoms with Crippen molar-refractivity contribution in [1.29, 1.82) is 0 Å². The fraction of sp³-hybridized carbons (Fsp3) is 0.333. The third-order valence-electron chi connectivity index (χ3n) is 4.26. The highest BCUT2D eigenvalue weighted by atomic mass is 32.1. The van der Waals surface area contributed by atoms with E-state index in [4.69, 9.17) is 5.11 Å². The van der Waals surface area contributed by atoms with Gasteiger partial charge in [-0.25, -0.2) is 4.79 Å². The van der Waals surface area contributed by atoms with Crippen LogP contribution in [0.2, 0.25) is 0 Å². The summed E-state index contributed by atoms with van der Waals surface area (Å²) in [6.45, 7) is 0.394. The van der Waals surface area contributed by atoms with Crippen LogP contribution in [0, 0.1) is 0 Å². The Kier molecular flexibility index (Phi) is 4.76. The first-order valence-electron chi connectivity index (χ1n) is 7.80. The van der Waals surface area contributed by atoms with Crippen LogP contribution >= 0.6 is 11.3 Å². The van der Waals surface area contributed by atoms with E-state index in [1.165, 1.54) is 22.5 Å². The number of thiophene rings is 1. The summed E-state index contributed by atoms with van der Waals surface area (Å²) in [4.78, 5) is 24.2. The number of benzene rings is 1. The van der Waals surface area contributed by atoms with E-state index in [1.807, 2.05) is 6.07 Å². The van der Waals surface area contributed by atoms with Gasteiger partial charge < -0.3 is 10.4 Å². The number of aryl methyl sites for hydroxylation is 1. The molecular formula is C18H19NO3S. The lowest BCUT2D eigenvalue weighted by Gasteiger charge is -2.25. The average molecular weight is 329 g/mol. The summed E-state index contributed by atoms with van der Waals surface area (Å²) in [6, 6.07) is 11.7. The van der Waals surface area contributed by atoms with Crippen molar-refractivity contribution in [3.8, 4) is 0 Å². The van der Waals surface area contributed by atoms with Crippen molar-refractivity contribution >= 4 is 23.2 Å². The molecule has 0 fully saturated rings. The molecule has 1 aliphatic carbocycles. The molecule has 1 amide bonds. The molecule has 0 saturated carbocycles. The van der Waals surface area contributed by atoms with Crippen molar-refractivity contribution in [1.82, 2.24) is 5.32 Å². The van der Waals surface area contributed by atoms with Crippen LogP contribution in [0.25, 0.3) is 0 Å². The summed E-state index contributed by atoms with van der Waals surface area (Å²) in [5.74, 6) is -0.610.